The van der Waals surface area contributed by atoms with Crippen LogP contribution in [0, 0.1) is 0 Å². The Labute approximate surface area is 179 Å². The van der Waals surface area contributed by atoms with Gasteiger partial charge in [0.2, 0.25) is 0 Å². The molecule has 26 heavy (non-hydrogen) atoms. The van der Waals surface area contributed by atoms with E-state index in [1.807, 2.05) is 47.0 Å². The average molecular weight is 453 g/mol. The Morgan fingerprint density at radius 3 is 2.23 bits per heavy atom. The summed E-state index contributed by atoms with van der Waals surface area (Å²) in [4.78, 5) is 12.8. The molecule has 0 aromatic rings. The fourth-order valence-electron chi connectivity index (χ4n) is 2.84. The molecule has 2 saturated heterocycles. The molecule has 0 aromatic carbocycles. The minimum Gasteiger partial charge on any atom is -0.417 e. The van der Waals surface area contributed by atoms with E-state index in [1.54, 1.807) is 0 Å². The highest BCUT2D eigenvalue weighted by Gasteiger charge is 2.40. The van der Waals surface area contributed by atoms with Crippen molar-refractivity contribution in [1.82, 2.24) is 0 Å². The van der Waals surface area contributed by atoms with Gasteiger partial charge in [0.15, 0.2) is 8.32 Å². The maximum absolute atomic E-state index is 12.8. The maximum atomic E-state index is 12.8. The Kier molecular flexibility index (Phi) is 9.35. The number of hydrogen-bond acceptors (Lipinski definition) is 6. The first-order valence-corrected chi connectivity index (χ1v) is 16.8. The summed E-state index contributed by atoms with van der Waals surface area (Å²) in [6.45, 7) is 12.3. The van der Waals surface area contributed by atoms with Crippen molar-refractivity contribution in [3.8, 4) is 0 Å². The van der Waals surface area contributed by atoms with Gasteiger partial charge in [0.05, 0.1) is 8.66 Å². The summed E-state index contributed by atoms with van der Waals surface area (Å²) in [5.41, 5.74) is 0. The quantitative estimate of drug-likeness (QED) is 0.389. The second kappa shape index (κ2) is 10.3. The van der Waals surface area contributed by atoms with Crippen LogP contribution in [0.4, 0.5) is 0 Å². The van der Waals surface area contributed by atoms with Crippen LogP contribution in [0.1, 0.15) is 52.9 Å². The highest BCUT2D eigenvalue weighted by molar-refractivity contribution is 8.19. The highest BCUT2D eigenvalue weighted by Crippen LogP contribution is 2.48. The van der Waals surface area contributed by atoms with Crippen molar-refractivity contribution in [3.05, 3.63) is 0 Å². The third-order valence-corrected chi connectivity index (χ3v) is 16.5. The van der Waals surface area contributed by atoms with Crippen LogP contribution in [0.25, 0.3) is 0 Å². The Morgan fingerprint density at radius 2 is 1.65 bits per heavy atom. The fourth-order valence-corrected chi connectivity index (χ4v) is 10.1. The number of ketones is 1. The molecule has 2 aliphatic heterocycles. The zero-order chi connectivity index (χ0) is 19.3. The molecule has 0 aromatic heterocycles. The third-order valence-electron chi connectivity index (χ3n) is 5.53. The molecule has 0 saturated carbocycles. The largest absolute Gasteiger partial charge is 0.417 e. The molecule has 2 aliphatic rings. The van der Waals surface area contributed by atoms with E-state index in [-0.39, 0.29) is 9.12 Å². The van der Waals surface area contributed by atoms with Crippen LogP contribution in [-0.4, -0.2) is 52.4 Å². The Bertz CT molecular complexity index is 453. The lowest BCUT2D eigenvalue weighted by Gasteiger charge is -2.39. The normalized spacial score (nSPS) is 22.3. The first kappa shape index (κ1) is 23.5. The van der Waals surface area contributed by atoms with Crippen molar-refractivity contribution in [3.63, 3.8) is 0 Å². The lowest BCUT2D eigenvalue weighted by atomic mass is 10.1. The maximum Gasteiger partial charge on any atom is 0.191 e. The molecule has 152 valence electrons. The van der Waals surface area contributed by atoms with Crippen LogP contribution in [0.2, 0.25) is 18.1 Å². The van der Waals surface area contributed by atoms with E-state index in [0.717, 1.165) is 25.9 Å². The molecule has 2 heterocycles. The lowest BCUT2D eigenvalue weighted by molar-refractivity contribution is -0.118. The molecule has 0 bridgehead atoms. The topological polar surface area (TPSA) is 26.3 Å². The first-order valence-electron chi connectivity index (χ1n) is 9.80. The van der Waals surface area contributed by atoms with Gasteiger partial charge in [0.25, 0.3) is 0 Å². The molecule has 0 unspecified atom stereocenters. The van der Waals surface area contributed by atoms with Gasteiger partial charge in [0.1, 0.15) is 5.78 Å². The van der Waals surface area contributed by atoms with Crippen molar-refractivity contribution < 1.29 is 9.22 Å². The molecular formula is C19H36O2S4Si. The van der Waals surface area contributed by atoms with Gasteiger partial charge in [-0.25, -0.2) is 0 Å². The minimum absolute atomic E-state index is 0.0572. The van der Waals surface area contributed by atoms with Crippen LogP contribution in [0.5, 0.6) is 0 Å². The Balaban J connectivity index is 1.89. The monoisotopic (exact) mass is 452 g/mol. The first-order chi connectivity index (χ1) is 12.1. The summed E-state index contributed by atoms with van der Waals surface area (Å²) in [5.74, 6) is 5.28. The number of hydrogen-bond donors (Lipinski definition) is 0. The number of rotatable bonds is 8. The van der Waals surface area contributed by atoms with Gasteiger partial charge in [-0.1, -0.05) is 20.8 Å². The van der Waals surface area contributed by atoms with E-state index in [0.29, 0.717) is 10.4 Å². The van der Waals surface area contributed by atoms with Gasteiger partial charge in [-0.15, -0.1) is 47.0 Å². The SMILES string of the molecule is CC(C)(C)[Si](C)(C)OCCC1(CC(=O)CC2SCCCS2)SCCCS1. The summed E-state index contributed by atoms with van der Waals surface area (Å²) in [6.07, 6.45) is 5.04. The lowest BCUT2D eigenvalue weighted by Crippen LogP contribution is -2.42. The molecule has 2 rings (SSSR count). The summed E-state index contributed by atoms with van der Waals surface area (Å²) >= 11 is 8.02. The molecule has 0 spiro atoms. The van der Waals surface area contributed by atoms with Gasteiger partial charge >= 0.3 is 0 Å². The molecule has 0 atom stereocenters. The summed E-state index contributed by atoms with van der Waals surface area (Å²) in [6, 6.07) is 0. The minimum atomic E-state index is -1.71. The number of thioether (sulfide) groups is 4. The number of carbonyl (C=O) groups is 1. The van der Waals surface area contributed by atoms with Crippen molar-refractivity contribution in [2.75, 3.05) is 29.6 Å². The van der Waals surface area contributed by atoms with Gasteiger partial charge in [0, 0.05) is 19.4 Å². The molecule has 7 heteroatoms. The van der Waals surface area contributed by atoms with Gasteiger partial charge in [-0.3, -0.25) is 4.79 Å². The van der Waals surface area contributed by atoms with E-state index < -0.39 is 8.32 Å². The van der Waals surface area contributed by atoms with E-state index in [4.69, 9.17) is 4.43 Å². The predicted molar refractivity (Wildman–Crippen MR) is 128 cm³/mol. The fraction of sp³-hybridized carbons (Fsp3) is 0.947. The van der Waals surface area contributed by atoms with Gasteiger partial charge in [-0.2, -0.15) is 0 Å². The summed E-state index contributed by atoms with van der Waals surface area (Å²) < 4.78 is 7.00. The van der Waals surface area contributed by atoms with Crippen molar-refractivity contribution in [1.29, 1.82) is 0 Å². The molecule has 0 radical (unpaired) electrons. The molecule has 2 fully saturated rings. The van der Waals surface area contributed by atoms with E-state index in [9.17, 15) is 4.79 Å². The van der Waals surface area contributed by atoms with E-state index in [1.165, 1.54) is 35.9 Å². The zero-order valence-corrected chi connectivity index (χ0v) is 21.4. The zero-order valence-electron chi connectivity index (χ0n) is 17.1. The molecule has 2 nitrogen and oxygen atoms in total. The second-order valence-corrected chi connectivity index (χ2v) is 19.7. The summed E-state index contributed by atoms with van der Waals surface area (Å²) in [5, 5.41) is 0.248. The van der Waals surface area contributed by atoms with E-state index >= 15 is 0 Å². The van der Waals surface area contributed by atoms with Gasteiger partial charge < -0.3 is 4.43 Å². The Hall–Kier alpha value is 1.25. The smallest absolute Gasteiger partial charge is 0.191 e. The Morgan fingerprint density at radius 1 is 1.08 bits per heavy atom. The summed E-state index contributed by atoms with van der Waals surface area (Å²) in [7, 11) is -1.71. The van der Waals surface area contributed by atoms with Crippen molar-refractivity contribution in [2.45, 2.75) is 79.7 Å². The number of Topliss-reactive ketones (excluding diaryl/α,β-unsaturated/α-hetero) is 1. The van der Waals surface area contributed by atoms with Crippen LogP contribution in [0.3, 0.4) is 0 Å². The average Bonchev–Trinajstić information content (AvgIpc) is 2.55. The van der Waals surface area contributed by atoms with Crippen LogP contribution >= 0.6 is 47.0 Å². The van der Waals surface area contributed by atoms with Gasteiger partial charge in [-0.05, 0) is 60.4 Å². The van der Waals surface area contributed by atoms with Crippen LogP contribution in [-0.2, 0) is 9.22 Å². The molecule has 0 N–H and O–H groups in total. The number of carbonyl (C=O) groups excluding carboxylic acids is 1. The molecule has 0 aliphatic carbocycles. The molecule has 0 amide bonds. The van der Waals surface area contributed by atoms with Crippen LogP contribution in [0.15, 0.2) is 0 Å². The second-order valence-electron chi connectivity index (χ2n) is 8.76. The van der Waals surface area contributed by atoms with Crippen molar-refractivity contribution >= 4 is 61.1 Å². The van der Waals surface area contributed by atoms with Crippen molar-refractivity contribution in [2.24, 2.45) is 0 Å². The standard InChI is InChI=1S/C19H36O2S4Si/c1-18(2,3)26(4,5)21-9-8-19(24-12-7-13-25-19)15-16(20)14-17-22-10-6-11-23-17/h17H,6-15H2,1-5H3. The predicted octanol–water partition coefficient (Wildman–Crippen LogP) is 6.51. The third kappa shape index (κ3) is 7.25. The van der Waals surface area contributed by atoms with Crippen LogP contribution < -0.4 is 0 Å². The van der Waals surface area contributed by atoms with E-state index in [2.05, 4.69) is 33.9 Å². The molecular weight excluding hydrogens is 417 g/mol. The highest BCUT2D eigenvalue weighted by atomic mass is 32.2.